The van der Waals surface area contributed by atoms with E-state index in [0.717, 1.165) is 0 Å². The summed E-state index contributed by atoms with van der Waals surface area (Å²) < 4.78 is 4.44. The Balaban J connectivity index is 2.40. The van der Waals surface area contributed by atoms with Gasteiger partial charge in [-0.05, 0) is 0 Å². The molecule has 0 aromatic heterocycles. The van der Waals surface area contributed by atoms with Crippen LogP contribution in [0.4, 0.5) is 4.79 Å². The molecule has 1 saturated heterocycles. The number of ether oxygens (including phenoxy) is 1. The third-order valence-electron chi connectivity index (χ3n) is 0.657. The predicted molar refractivity (Wildman–Crippen MR) is 27.3 cm³/mol. The van der Waals surface area contributed by atoms with Crippen LogP contribution < -0.4 is 5.32 Å². The zero-order chi connectivity index (χ0) is 5.28. The highest BCUT2D eigenvalue weighted by atomic mass is 32.1. The third kappa shape index (κ3) is 0.991. The quantitative estimate of drug-likeness (QED) is 0.440. The van der Waals surface area contributed by atoms with Gasteiger partial charge in [0.1, 0.15) is 12.0 Å². The lowest BCUT2D eigenvalue weighted by atomic mass is 10.7. The SMILES string of the molecule is O=C1N[C@@H](S)CO1. The van der Waals surface area contributed by atoms with Crippen LogP contribution in [-0.2, 0) is 4.74 Å². The molecule has 1 fully saturated rings. The van der Waals surface area contributed by atoms with E-state index in [-0.39, 0.29) is 11.5 Å². The van der Waals surface area contributed by atoms with E-state index in [1.54, 1.807) is 0 Å². The average Bonchev–Trinajstić information content (AvgIpc) is 1.87. The summed E-state index contributed by atoms with van der Waals surface area (Å²) in [6, 6.07) is 0. The number of rotatable bonds is 0. The van der Waals surface area contributed by atoms with Crippen molar-refractivity contribution in [3.05, 3.63) is 0 Å². The fourth-order valence-electron chi connectivity index (χ4n) is 0.374. The summed E-state index contributed by atoms with van der Waals surface area (Å²) in [5.74, 6) is 0. The van der Waals surface area contributed by atoms with E-state index < -0.39 is 0 Å². The van der Waals surface area contributed by atoms with E-state index in [9.17, 15) is 4.79 Å². The van der Waals surface area contributed by atoms with E-state index in [4.69, 9.17) is 0 Å². The summed E-state index contributed by atoms with van der Waals surface area (Å²) in [5.41, 5.74) is 0. The van der Waals surface area contributed by atoms with Gasteiger partial charge in [-0.2, -0.15) is 12.6 Å². The van der Waals surface area contributed by atoms with E-state index in [2.05, 4.69) is 22.7 Å². The number of thiol groups is 1. The van der Waals surface area contributed by atoms with Gasteiger partial charge in [-0.3, -0.25) is 0 Å². The number of alkyl carbamates (subject to hydrolysis) is 1. The van der Waals surface area contributed by atoms with Crippen molar-refractivity contribution in [3.63, 3.8) is 0 Å². The van der Waals surface area contributed by atoms with Crippen molar-refractivity contribution in [1.29, 1.82) is 0 Å². The van der Waals surface area contributed by atoms with E-state index in [1.165, 1.54) is 0 Å². The number of carbonyl (C=O) groups excluding carboxylic acids is 1. The van der Waals surface area contributed by atoms with Crippen LogP contribution in [0.5, 0.6) is 0 Å². The molecule has 1 aliphatic rings. The first kappa shape index (κ1) is 4.77. The van der Waals surface area contributed by atoms with Crippen LogP contribution in [0.1, 0.15) is 0 Å². The Kier molecular flexibility index (Phi) is 1.10. The molecule has 1 aliphatic heterocycles. The zero-order valence-electron chi connectivity index (χ0n) is 3.55. The Morgan fingerprint density at radius 2 is 2.71 bits per heavy atom. The maximum atomic E-state index is 10.1. The Bertz CT molecular complexity index is 94.9. The lowest BCUT2D eigenvalue weighted by Crippen LogP contribution is -2.19. The van der Waals surface area contributed by atoms with Gasteiger partial charge in [-0.1, -0.05) is 0 Å². The normalized spacial score (nSPS) is 29.3. The van der Waals surface area contributed by atoms with Gasteiger partial charge in [0.05, 0.1) is 0 Å². The predicted octanol–water partition coefficient (Wildman–Crippen LogP) is -0.0179. The second-order valence-electron chi connectivity index (χ2n) is 1.26. The molecule has 0 aromatic carbocycles. The Labute approximate surface area is 46.4 Å². The Hall–Kier alpha value is -0.380. The lowest BCUT2D eigenvalue weighted by Gasteiger charge is -1.89. The van der Waals surface area contributed by atoms with Crippen molar-refractivity contribution in [1.82, 2.24) is 5.32 Å². The molecule has 0 aromatic rings. The minimum Gasteiger partial charge on any atom is -0.446 e. The van der Waals surface area contributed by atoms with Crippen LogP contribution >= 0.6 is 12.6 Å². The number of cyclic esters (lactones) is 1. The molecular formula is C3H5NO2S. The van der Waals surface area contributed by atoms with Crippen molar-refractivity contribution in [2.45, 2.75) is 5.37 Å². The fraction of sp³-hybridized carbons (Fsp3) is 0.667. The lowest BCUT2D eigenvalue weighted by molar-refractivity contribution is 0.178. The standard InChI is InChI=1S/C3H5NO2S/c5-3-4-2(7)1-6-3/h2,7H,1H2,(H,4,5)/t2-/m0/s1. The summed E-state index contributed by atoms with van der Waals surface area (Å²) in [6.07, 6.45) is -0.375. The monoisotopic (exact) mass is 119 g/mol. The minimum absolute atomic E-state index is 0.104. The van der Waals surface area contributed by atoms with Crippen molar-refractivity contribution >= 4 is 18.7 Å². The largest absolute Gasteiger partial charge is 0.446 e. The summed E-state index contributed by atoms with van der Waals surface area (Å²) in [7, 11) is 0. The Morgan fingerprint density at radius 1 is 2.00 bits per heavy atom. The van der Waals surface area contributed by atoms with E-state index in [1.807, 2.05) is 0 Å². The molecule has 3 nitrogen and oxygen atoms in total. The van der Waals surface area contributed by atoms with Crippen molar-refractivity contribution in [2.75, 3.05) is 6.61 Å². The van der Waals surface area contributed by atoms with Gasteiger partial charge in [0.2, 0.25) is 0 Å². The summed E-state index contributed by atoms with van der Waals surface area (Å²) in [5, 5.41) is 2.32. The van der Waals surface area contributed by atoms with Crippen LogP contribution in [0.2, 0.25) is 0 Å². The first-order chi connectivity index (χ1) is 3.29. The smallest absolute Gasteiger partial charge is 0.408 e. The molecule has 0 spiro atoms. The number of hydrogen-bond acceptors (Lipinski definition) is 3. The fourth-order valence-corrected chi connectivity index (χ4v) is 0.554. The maximum absolute atomic E-state index is 10.1. The van der Waals surface area contributed by atoms with E-state index in [0.29, 0.717) is 6.61 Å². The molecule has 0 unspecified atom stereocenters. The van der Waals surface area contributed by atoms with Crippen LogP contribution in [0.15, 0.2) is 0 Å². The molecule has 1 amide bonds. The molecular weight excluding hydrogens is 114 g/mol. The van der Waals surface area contributed by atoms with Gasteiger partial charge in [0, 0.05) is 0 Å². The van der Waals surface area contributed by atoms with Gasteiger partial charge >= 0.3 is 6.09 Å². The Morgan fingerprint density at radius 3 is 2.86 bits per heavy atom. The summed E-state index contributed by atoms with van der Waals surface area (Å²) in [4.78, 5) is 10.1. The van der Waals surface area contributed by atoms with Crippen LogP contribution in [0.3, 0.4) is 0 Å². The molecule has 40 valence electrons. The molecule has 1 heterocycles. The van der Waals surface area contributed by atoms with Gasteiger partial charge < -0.3 is 10.1 Å². The van der Waals surface area contributed by atoms with Crippen molar-refractivity contribution < 1.29 is 9.53 Å². The minimum atomic E-state index is -0.375. The van der Waals surface area contributed by atoms with Crippen LogP contribution in [0.25, 0.3) is 0 Å². The molecule has 0 bridgehead atoms. The van der Waals surface area contributed by atoms with Gasteiger partial charge in [-0.15, -0.1) is 0 Å². The van der Waals surface area contributed by atoms with Crippen LogP contribution in [0, 0.1) is 0 Å². The summed E-state index contributed by atoms with van der Waals surface area (Å²) in [6.45, 7) is 0.377. The second kappa shape index (κ2) is 1.61. The number of nitrogens with one attached hydrogen (secondary N) is 1. The molecule has 0 saturated carbocycles. The molecule has 0 radical (unpaired) electrons. The second-order valence-corrected chi connectivity index (χ2v) is 1.88. The molecule has 1 atom stereocenters. The molecule has 1 rings (SSSR count). The van der Waals surface area contributed by atoms with Crippen molar-refractivity contribution in [3.8, 4) is 0 Å². The van der Waals surface area contributed by atoms with Crippen LogP contribution in [-0.4, -0.2) is 18.1 Å². The number of hydrogen-bond donors (Lipinski definition) is 2. The molecule has 0 aliphatic carbocycles. The van der Waals surface area contributed by atoms with Gasteiger partial charge in [0.15, 0.2) is 0 Å². The average molecular weight is 119 g/mol. The highest BCUT2D eigenvalue weighted by Gasteiger charge is 2.16. The molecule has 4 heteroatoms. The van der Waals surface area contributed by atoms with Crippen molar-refractivity contribution in [2.24, 2.45) is 0 Å². The number of carbonyl (C=O) groups is 1. The topological polar surface area (TPSA) is 38.3 Å². The zero-order valence-corrected chi connectivity index (χ0v) is 4.44. The number of amides is 1. The van der Waals surface area contributed by atoms with Gasteiger partial charge in [0.25, 0.3) is 0 Å². The summed E-state index contributed by atoms with van der Waals surface area (Å²) >= 11 is 3.89. The molecule has 7 heavy (non-hydrogen) atoms. The first-order valence-electron chi connectivity index (χ1n) is 1.90. The third-order valence-corrected chi connectivity index (χ3v) is 0.935. The highest BCUT2D eigenvalue weighted by Crippen LogP contribution is 1.98. The van der Waals surface area contributed by atoms with E-state index >= 15 is 0 Å². The first-order valence-corrected chi connectivity index (χ1v) is 2.42. The van der Waals surface area contributed by atoms with Gasteiger partial charge in [-0.25, -0.2) is 4.79 Å². The highest BCUT2D eigenvalue weighted by molar-refractivity contribution is 7.81. The maximum Gasteiger partial charge on any atom is 0.408 e. The molecule has 1 N–H and O–H groups in total.